The molecule has 0 saturated heterocycles. The number of rotatable bonds is 5. The average Bonchev–Trinajstić information content (AvgIpc) is 2.16. The number of ketones is 1. The lowest BCUT2D eigenvalue weighted by Crippen LogP contribution is -2.05. The summed E-state index contributed by atoms with van der Waals surface area (Å²) in [6.45, 7) is 5.60. The van der Waals surface area contributed by atoms with Crippen LogP contribution < -0.4 is 4.74 Å². The summed E-state index contributed by atoms with van der Waals surface area (Å²) in [4.78, 5) is 11.9. The molecule has 1 rings (SSSR count). The molecule has 0 aliphatic carbocycles. The van der Waals surface area contributed by atoms with Gasteiger partial charge in [-0.2, -0.15) is 0 Å². The molecular formula is C12H16O2S. The van der Waals surface area contributed by atoms with Crippen LogP contribution in [0.25, 0.3) is 0 Å². The van der Waals surface area contributed by atoms with Crippen molar-refractivity contribution in [1.29, 1.82) is 0 Å². The molecular weight excluding hydrogens is 208 g/mol. The molecule has 0 aliphatic heterocycles. The average molecular weight is 224 g/mol. The number of benzene rings is 1. The second-order valence-corrected chi connectivity index (χ2v) is 4.68. The van der Waals surface area contributed by atoms with Crippen LogP contribution in [0.4, 0.5) is 0 Å². The quantitative estimate of drug-likeness (QED) is 0.719. The minimum atomic E-state index is 0.195. The SMILES string of the molecule is CC(=O)CSc1ccc(OC(C)C)cc1. The van der Waals surface area contributed by atoms with Gasteiger partial charge in [0.15, 0.2) is 0 Å². The van der Waals surface area contributed by atoms with E-state index < -0.39 is 0 Å². The summed E-state index contributed by atoms with van der Waals surface area (Å²) in [6.07, 6.45) is 0.195. The molecule has 0 aromatic heterocycles. The number of Topliss-reactive ketones (excluding diaryl/α,β-unsaturated/α-hetero) is 1. The maximum atomic E-state index is 10.8. The van der Waals surface area contributed by atoms with Crippen molar-refractivity contribution in [2.75, 3.05) is 5.75 Å². The zero-order chi connectivity index (χ0) is 11.3. The Kier molecular flexibility index (Phi) is 4.69. The fraction of sp³-hybridized carbons (Fsp3) is 0.417. The molecule has 2 nitrogen and oxygen atoms in total. The lowest BCUT2D eigenvalue weighted by atomic mass is 10.3. The Bertz CT molecular complexity index is 317. The van der Waals surface area contributed by atoms with Gasteiger partial charge in [-0.1, -0.05) is 0 Å². The van der Waals surface area contributed by atoms with E-state index in [9.17, 15) is 4.79 Å². The van der Waals surface area contributed by atoms with Crippen LogP contribution in [0.2, 0.25) is 0 Å². The highest BCUT2D eigenvalue weighted by atomic mass is 32.2. The molecule has 0 saturated carbocycles. The molecule has 15 heavy (non-hydrogen) atoms. The van der Waals surface area contributed by atoms with E-state index in [1.165, 1.54) is 0 Å². The number of hydrogen-bond acceptors (Lipinski definition) is 3. The normalized spacial score (nSPS) is 10.4. The Morgan fingerprint density at radius 1 is 1.33 bits per heavy atom. The van der Waals surface area contributed by atoms with Crippen LogP contribution in [0.5, 0.6) is 5.75 Å². The number of ether oxygens (including phenoxy) is 1. The van der Waals surface area contributed by atoms with Crippen molar-refractivity contribution in [2.24, 2.45) is 0 Å². The smallest absolute Gasteiger partial charge is 0.140 e. The Balaban J connectivity index is 2.52. The van der Waals surface area contributed by atoms with Crippen LogP contribution in [0.3, 0.4) is 0 Å². The summed E-state index contributed by atoms with van der Waals surface area (Å²) in [7, 11) is 0. The van der Waals surface area contributed by atoms with E-state index in [1.807, 2.05) is 38.1 Å². The Morgan fingerprint density at radius 3 is 2.40 bits per heavy atom. The summed E-state index contributed by atoms with van der Waals surface area (Å²) in [5.41, 5.74) is 0. The molecule has 0 heterocycles. The summed E-state index contributed by atoms with van der Waals surface area (Å²) in [5, 5.41) is 0. The van der Waals surface area contributed by atoms with Gasteiger partial charge >= 0.3 is 0 Å². The fourth-order valence-electron chi connectivity index (χ4n) is 1.07. The van der Waals surface area contributed by atoms with Crippen molar-refractivity contribution in [3.8, 4) is 5.75 Å². The van der Waals surface area contributed by atoms with E-state index in [0.29, 0.717) is 5.75 Å². The molecule has 0 amide bonds. The lowest BCUT2D eigenvalue weighted by molar-refractivity contribution is -0.114. The van der Waals surface area contributed by atoms with Crippen LogP contribution in [0.15, 0.2) is 29.2 Å². The highest BCUT2D eigenvalue weighted by Crippen LogP contribution is 2.21. The molecule has 1 aromatic carbocycles. The molecule has 0 aliphatic rings. The van der Waals surface area contributed by atoms with Crippen molar-refractivity contribution >= 4 is 17.5 Å². The zero-order valence-electron chi connectivity index (χ0n) is 9.32. The second-order valence-electron chi connectivity index (χ2n) is 3.63. The third-order valence-corrected chi connectivity index (χ3v) is 2.79. The van der Waals surface area contributed by atoms with Crippen LogP contribution in [-0.4, -0.2) is 17.6 Å². The summed E-state index contributed by atoms with van der Waals surface area (Å²) in [5.74, 6) is 1.60. The number of carbonyl (C=O) groups excluding carboxylic acids is 1. The molecule has 0 radical (unpaired) electrons. The standard InChI is InChI=1S/C12H16O2S/c1-9(2)14-11-4-6-12(7-5-11)15-8-10(3)13/h4-7,9H,8H2,1-3H3. The lowest BCUT2D eigenvalue weighted by Gasteiger charge is -2.09. The van der Waals surface area contributed by atoms with Crippen LogP contribution >= 0.6 is 11.8 Å². The van der Waals surface area contributed by atoms with Gasteiger partial charge in [-0.05, 0) is 45.0 Å². The van der Waals surface area contributed by atoms with Gasteiger partial charge in [0.2, 0.25) is 0 Å². The summed E-state index contributed by atoms with van der Waals surface area (Å²) < 4.78 is 5.52. The fourth-order valence-corrected chi connectivity index (χ4v) is 1.77. The van der Waals surface area contributed by atoms with Crippen LogP contribution in [-0.2, 0) is 4.79 Å². The van der Waals surface area contributed by atoms with Crippen LogP contribution in [0, 0.1) is 0 Å². The van der Waals surface area contributed by atoms with E-state index in [2.05, 4.69) is 0 Å². The van der Waals surface area contributed by atoms with Crippen molar-refractivity contribution in [3.63, 3.8) is 0 Å². The summed E-state index contributed by atoms with van der Waals surface area (Å²) in [6, 6.07) is 7.82. The Labute approximate surface area is 95.0 Å². The van der Waals surface area contributed by atoms with E-state index >= 15 is 0 Å². The van der Waals surface area contributed by atoms with Gasteiger partial charge in [0.05, 0.1) is 11.9 Å². The van der Waals surface area contributed by atoms with Crippen molar-refractivity contribution in [1.82, 2.24) is 0 Å². The molecule has 1 aromatic rings. The Morgan fingerprint density at radius 2 is 1.93 bits per heavy atom. The second kappa shape index (κ2) is 5.81. The van der Waals surface area contributed by atoms with Gasteiger partial charge < -0.3 is 4.74 Å². The van der Waals surface area contributed by atoms with Gasteiger partial charge in [0.25, 0.3) is 0 Å². The minimum absolute atomic E-state index is 0.195. The first-order valence-corrected chi connectivity index (χ1v) is 5.95. The minimum Gasteiger partial charge on any atom is -0.491 e. The number of thioether (sulfide) groups is 1. The van der Waals surface area contributed by atoms with E-state index in [4.69, 9.17) is 4.74 Å². The predicted octanol–water partition coefficient (Wildman–Crippen LogP) is 3.15. The Hall–Kier alpha value is -0.960. The first-order chi connectivity index (χ1) is 7.08. The van der Waals surface area contributed by atoms with E-state index in [1.54, 1.807) is 18.7 Å². The third kappa shape index (κ3) is 4.88. The molecule has 0 unspecified atom stereocenters. The van der Waals surface area contributed by atoms with E-state index in [0.717, 1.165) is 10.6 Å². The third-order valence-electron chi connectivity index (χ3n) is 1.64. The van der Waals surface area contributed by atoms with Gasteiger partial charge in [-0.3, -0.25) is 4.79 Å². The van der Waals surface area contributed by atoms with Crippen LogP contribution in [0.1, 0.15) is 20.8 Å². The van der Waals surface area contributed by atoms with Gasteiger partial charge in [-0.25, -0.2) is 0 Å². The molecule has 0 spiro atoms. The van der Waals surface area contributed by atoms with Gasteiger partial charge in [0, 0.05) is 4.90 Å². The molecule has 0 atom stereocenters. The topological polar surface area (TPSA) is 26.3 Å². The maximum absolute atomic E-state index is 10.8. The highest BCUT2D eigenvalue weighted by Gasteiger charge is 1.99. The molecule has 0 N–H and O–H groups in total. The monoisotopic (exact) mass is 224 g/mol. The highest BCUT2D eigenvalue weighted by molar-refractivity contribution is 8.00. The number of hydrogen-bond donors (Lipinski definition) is 0. The first-order valence-electron chi connectivity index (χ1n) is 4.97. The van der Waals surface area contributed by atoms with Crippen molar-refractivity contribution in [2.45, 2.75) is 31.8 Å². The predicted molar refractivity (Wildman–Crippen MR) is 63.6 cm³/mol. The largest absolute Gasteiger partial charge is 0.491 e. The van der Waals surface area contributed by atoms with Gasteiger partial charge in [-0.15, -0.1) is 11.8 Å². The molecule has 82 valence electrons. The molecule has 0 fully saturated rings. The summed E-state index contributed by atoms with van der Waals surface area (Å²) >= 11 is 1.55. The first kappa shape index (κ1) is 12.1. The van der Waals surface area contributed by atoms with Crippen molar-refractivity contribution in [3.05, 3.63) is 24.3 Å². The van der Waals surface area contributed by atoms with E-state index in [-0.39, 0.29) is 11.9 Å². The van der Waals surface area contributed by atoms with Crippen molar-refractivity contribution < 1.29 is 9.53 Å². The maximum Gasteiger partial charge on any atom is 0.140 e. The molecule has 0 bridgehead atoms. The van der Waals surface area contributed by atoms with Gasteiger partial charge in [0.1, 0.15) is 11.5 Å². The number of carbonyl (C=O) groups is 1. The zero-order valence-corrected chi connectivity index (χ0v) is 10.1. The molecule has 3 heteroatoms.